The van der Waals surface area contributed by atoms with Crippen LogP contribution >= 0.6 is 0 Å². The highest BCUT2D eigenvalue weighted by Crippen LogP contribution is 2.28. The average Bonchev–Trinajstić information content (AvgIpc) is 2.45. The van der Waals surface area contributed by atoms with E-state index in [1.807, 2.05) is 0 Å². The zero-order valence-corrected chi connectivity index (χ0v) is 12.3. The molecule has 0 N–H and O–H groups in total. The Morgan fingerprint density at radius 2 is 1.90 bits per heavy atom. The van der Waals surface area contributed by atoms with Crippen LogP contribution in [0.4, 0.5) is 11.4 Å². The summed E-state index contributed by atoms with van der Waals surface area (Å²) in [4.78, 5) is 36.4. The highest BCUT2D eigenvalue weighted by atomic mass is 16.6. The van der Waals surface area contributed by atoms with Gasteiger partial charge in [0.2, 0.25) is 0 Å². The highest BCUT2D eigenvalue weighted by molar-refractivity contribution is 5.95. The van der Waals surface area contributed by atoms with Gasteiger partial charge in [-0.05, 0) is 12.1 Å². The first-order valence-electron chi connectivity index (χ1n) is 6.06. The number of nitro benzene ring substituents is 1. The number of benzene rings is 1. The molecule has 0 unspecified atom stereocenters. The number of hydrogen-bond donors (Lipinski definition) is 0. The lowest BCUT2D eigenvalue weighted by atomic mass is 10.1. The second-order valence-corrected chi connectivity index (χ2v) is 4.59. The zero-order valence-electron chi connectivity index (χ0n) is 12.3. The standard InChI is InChI=1S/C13H17N3O5/c1-14(2)13(18)9-5-6-10(11(7-9)16(19)20)15(3)8-12(17)21-4/h5-7H,8H2,1-4H3. The van der Waals surface area contributed by atoms with Crippen molar-refractivity contribution in [1.82, 2.24) is 4.90 Å². The molecule has 0 aliphatic carbocycles. The fraction of sp³-hybridized carbons (Fsp3) is 0.385. The van der Waals surface area contributed by atoms with Gasteiger partial charge in [0.05, 0.1) is 12.0 Å². The van der Waals surface area contributed by atoms with Gasteiger partial charge in [0.15, 0.2) is 0 Å². The zero-order chi connectivity index (χ0) is 16.2. The molecule has 114 valence electrons. The Bertz CT molecular complexity index is 571. The second-order valence-electron chi connectivity index (χ2n) is 4.59. The maximum atomic E-state index is 11.8. The fourth-order valence-corrected chi connectivity index (χ4v) is 1.73. The quantitative estimate of drug-likeness (QED) is 0.455. The molecular weight excluding hydrogens is 278 g/mol. The molecule has 0 saturated carbocycles. The van der Waals surface area contributed by atoms with Crippen molar-refractivity contribution in [1.29, 1.82) is 0 Å². The van der Waals surface area contributed by atoms with Gasteiger partial charge in [-0.2, -0.15) is 0 Å². The summed E-state index contributed by atoms with van der Waals surface area (Å²) in [6.45, 7) is -0.127. The van der Waals surface area contributed by atoms with Gasteiger partial charge in [0.25, 0.3) is 11.6 Å². The van der Waals surface area contributed by atoms with Gasteiger partial charge < -0.3 is 14.5 Å². The number of likely N-dealkylation sites (N-methyl/N-ethyl adjacent to an activating group) is 1. The van der Waals surface area contributed by atoms with E-state index >= 15 is 0 Å². The van der Waals surface area contributed by atoms with Crippen LogP contribution in [-0.2, 0) is 9.53 Å². The third kappa shape index (κ3) is 3.91. The molecule has 0 spiro atoms. The van der Waals surface area contributed by atoms with Gasteiger partial charge in [-0.15, -0.1) is 0 Å². The molecule has 1 amide bonds. The Morgan fingerprint density at radius 1 is 1.29 bits per heavy atom. The first-order chi connectivity index (χ1) is 9.77. The fourth-order valence-electron chi connectivity index (χ4n) is 1.73. The smallest absolute Gasteiger partial charge is 0.325 e. The Morgan fingerprint density at radius 3 is 2.38 bits per heavy atom. The summed E-state index contributed by atoms with van der Waals surface area (Å²) in [7, 11) is 5.90. The number of rotatable bonds is 5. The number of nitrogens with zero attached hydrogens (tertiary/aromatic N) is 3. The lowest BCUT2D eigenvalue weighted by Crippen LogP contribution is -2.27. The van der Waals surface area contributed by atoms with E-state index in [4.69, 9.17) is 0 Å². The Kier molecular flexibility index (Phi) is 5.23. The maximum Gasteiger partial charge on any atom is 0.325 e. The van der Waals surface area contributed by atoms with Crippen LogP contribution in [0.15, 0.2) is 18.2 Å². The molecular formula is C13H17N3O5. The molecule has 0 saturated heterocycles. The normalized spacial score (nSPS) is 9.90. The van der Waals surface area contributed by atoms with E-state index in [9.17, 15) is 19.7 Å². The Hall–Kier alpha value is -2.64. The summed E-state index contributed by atoms with van der Waals surface area (Å²) in [6.07, 6.45) is 0. The van der Waals surface area contributed by atoms with Crippen LogP contribution in [-0.4, -0.2) is 56.5 Å². The minimum atomic E-state index is -0.588. The molecule has 21 heavy (non-hydrogen) atoms. The maximum absolute atomic E-state index is 11.8. The molecule has 0 heterocycles. The van der Waals surface area contributed by atoms with E-state index in [0.717, 1.165) is 0 Å². The summed E-state index contributed by atoms with van der Waals surface area (Å²) in [5.41, 5.74) is 0.205. The summed E-state index contributed by atoms with van der Waals surface area (Å²) >= 11 is 0. The van der Waals surface area contributed by atoms with Crippen molar-refractivity contribution >= 4 is 23.3 Å². The van der Waals surface area contributed by atoms with Crippen LogP contribution in [0.25, 0.3) is 0 Å². The van der Waals surface area contributed by atoms with Gasteiger partial charge in [-0.25, -0.2) is 0 Å². The van der Waals surface area contributed by atoms with Crippen molar-refractivity contribution in [3.63, 3.8) is 0 Å². The summed E-state index contributed by atoms with van der Waals surface area (Å²) in [6, 6.07) is 4.13. The average molecular weight is 295 g/mol. The van der Waals surface area contributed by atoms with E-state index in [-0.39, 0.29) is 29.4 Å². The SMILES string of the molecule is COC(=O)CN(C)c1ccc(C(=O)N(C)C)cc1[N+](=O)[O-]. The number of anilines is 1. The summed E-state index contributed by atoms with van der Waals surface area (Å²) < 4.78 is 4.52. The highest BCUT2D eigenvalue weighted by Gasteiger charge is 2.22. The lowest BCUT2D eigenvalue weighted by Gasteiger charge is -2.18. The van der Waals surface area contributed by atoms with Crippen LogP contribution in [0, 0.1) is 10.1 Å². The molecule has 8 heteroatoms. The van der Waals surface area contributed by atoms with E-state index in [1.54, 1.807) is 14.1 Å². The van der Waals surface area contributed by atoms with E-state index in [0.29, 0.717) is 0 Å². The monoisotopic (exact) mass is 295 g/mol. The predicted molar refractivity (Wildman–Crippen MR) is 76.4 cm³/mol. The van der Waals surface area contributed by atoms with Crippen molar-refractivity contribution in [2.24, 2.45) is 0 Å². The first kappa shape index (κ1) is 16.4. The number of carbonyl (C=O) groups excluding carboxylic acids is 2. The molecule has 0 aromatic heterocycles. The van der Waals surface area contributed by atoms with Crippen LogP contribution in [0.5, 0.6) is 0 Å². The number of carbonyl (C=O) groups is 2. The first-order valence-corrected chi connectivity index (χ1v) is 6.06. The molecule has 0 aliphatic rings. The third-order valence-corrected chi connectivity index (χ3v) is 2.83. The predicted octanol–water partition coefficient (Wildman–Crippen LogP) is 0.906. The van der Waals surface area contributed by atoms with Crippen LogP contribution in [0.2, 0.25) is 0 Å². The minimum absolute atomic E-state index is 0.127. The van der Waals surface area contributed by atoms with Gasteiger partial charge in [-0.1, -0.05) is 0 Å². The number of amides is 1. The van der Waals surface area contributed by atoms with Crippen LogP contribution in [0.3, 0.4) is 0 Å². The van der Waals surface area contributed by atoms with Crippen LogP contribution in [0.1, 0.15) is 10.4 Å². The number of nitro groups is 1. The number of hydrogen-bond acceptors (Lipinski definition) is 6. The van der Waals surface area contributed by atoms with Gasteiger partial charge in [0, 0.05) is 32.8 Å². The van der Waals surface area contributed by atoms with E-state index in [2.05, 4.69) is 4.74 Å². The summed E-state index contributed by atoms with van der Waals surface area (Å²) in [5, 5.41) is 11.2. The van der Waals surface area contributed by atoms with E-state index in [1.165, 1.54) is 42.2 Å². The lowest BCUT2D eigenvalue weighted by molar-refractivity contribution is -0.384. The van der Waals surface area contributed by atoms with Crippen molar-refractivity contribution < 1.29 is 19.2 Å². The van der Waals surface area contributed by atoms with Gasteiger partial charge in [-0.3, -0.25) is 19.7 Å². The topological polar surface area (TPSA) is 93.0 Å². The molecule has 0 radical (unpaired) electrons. The molecule has 1 rings (SSSR count). The summed E-state index contributed by atoms with van der Waals surface area (Å²) in [5.74, 6) is -0.847. The number of esters is 1. The minimum Gasteiger partial charge on any atom is -0.468 e. The van der Waals surface area contributed by atoms with E-state index < -0.39 is 10.9 Å². The van der Waals surface area contributed by atoms with Gasteiger partial charge in [0.1, 0.15) is 12.2 Å². The van der Waals surface area contributed by atoms with Crippen molar-refractivity contribution in [2.75, 3.05) is 39.7 Å². The molecule has 1 aromatic rings. The van der Waals surface area contributed by atoms with Crippen molar-refractivity contribution in [2.45, 2.75) is 0 Å². The molecule has 0 aliphatic heterocycles. The van der Waals surface area contributed by atoms with Crippen molar-refractivity contribution in [3.05, 3.63) is 33.9 Å². The molecule has 0 atom stereocenters. The Labute approximate surface area is 122 Å². The second kappa shape index (κ2) is 6.69. The van der Waals surface area contributed by atoms with Crippen molar-refractivity contribution in [3.8, 4) is 0 Å². The third-order valence-electron chi connectivity index (χ3n) is 2.83. The molecule has 8 nitrogen and oxygen atoms in total. The largest absolute Gasteiger partial charge is 0.468 e. The number of methoxy groups -OCH3 is 1. The molecule has 0 fully saturated rings. The van der Waals surface area contributed by atoms with Crippen LogP contribution < -0.4 is 4.90 Å². The number of ether oxygens (including phenoxy) is 1. The Balaban J connectivity index is 3.19. The molecule has 0 bridgehead atoms. The van der Waals surface area contributed by atoms with Gasteiger partial charge >= 0.3 is 5.97 Å². The molecule has 1 aromatic carbocycles.